The molecule has 0 aliphatic rings. The molecule has 22 heavy (non-hydrogen) atoms. The van der Waals surface area contributed by atoms with Crippen molar-refractivity contribution in [3.8, 4) is 0 Å². The Bertz CT molecular complexity index is 539. The van der Waals surface area contributed by atoms with Crippen molar-refractivity contribution < 1.29 is 0 Å². The minimum atomic E-state index is -0.151. The highest BCUT2D eigenvalue weighted by Gasteiger charge is 2.11. The quantitative estimate of drug-likeness (QED) is 0.580. The Labute approximate surface area is 135 Å². The monoisotopic (exact) mass is 306 g/mol. The summed E-state index contributed by atoms with van der Waals surface area (Å²) in [4.78, 5) is 0. The molecule has 0 saturated carbocycles. The van der Waals surface area contributed by atoms with E-state index < -0.39 is 0 Å². The van der Waals surface area contributed by atoms with Crippen LogP contribution >= 0.6 is 7.92 Å². The second-order valence-corrected chi connectivity index (χ2v) is 7.31. The first kappa shape index (κ1) is 16.5. The van der Waals surface area contributed by atoms with Gasteiger partial charge in [0.05, 0.1) is 0 Å². The van der Waals surface area contributed by atoms with Gasteiger partial charge in [0.1, 0.15) is 0 Å². The van der Waals surface area contributed by atoms with E-state index in [9.17, 15) is 0 Å². The average Bonchev–Trinajstić information content (AvgIpc) is 2.63. The smallest absolute Gasteiger partial charge is 0.0195 e. The van der Waals surface area contributed by atoms with E-state index in [1.54, 1.807) is 0 Å². The summed E-state index contributed by atoms with van der Waals surface area (Å²) in [5.74, 6) is 0. The van der Waals surface area contributed by atoms with Gasteiger partial charge in [0.2, 0.25) is 0 Å². The fraction of sp³-hybridized carbons (Fsp3) is 0.143. The Hall–Kier alpha value is -1.91. The maximum atomic E-state index is 2.27. The minimum Gasteiger partial charge on any atom is -0.0650 e. The Morgan fingerprint density at radius 3 is 1.18 bits per heavy atom. The molecule has 0 saturated heterocycles. The molecular formula is C21H23P. The molecule has 0 N–H and O–H groups in total. The zero-order valence-corrected chi connectivity index (χ0v) is 14.0. The van der Waals surface area contributed by atoms with E-state index in [0.29, 0.717) is 0 Å². The molecule has 1 heteroatoms. The van der Waals surface area contributed by atoms with Crippen molar-refractivity contribution in [1.82, 2.24) is 0 Å². The normalized spacial score (nSPS) is 9.91. The van der Waals surface area contributed by atoms with Crippen LogP contribution in [0.2, 0.25) is 0 Å². The largest absolute Gasteiger partial charge is 0.0650 e. The molecule has 0 radical (unpaired) electrons. The van der Waals surface area contributed by atoms with Crippen LogP contribution < -0.4 is 10.6 Å². The van der Waals surface area contributed by atoms with Crippen molar-refractivity contribution in [2.24, 2.45) is 0 Å². The van der Waals surface area contributed by atoms with Crippen LogP contribution in [0.15, 0.2) is 97.1 Å². The standard InChI is InChI=1S/C15H17P.C6H6/c1-2-13-16(14-9-5-3-6-10-14)15-11-7-4-8-12-15;1-2-4-6-5-3-1/h3-12H,2,13H2,1H3;1-6H. The lowest BCUT2D eigenvalue weighted by atomic mass is 10.4. The van der Waals surface area contributed by atoms with Crippen LogP contribution in [-0.2, 0) is 0 Å². The minimum absolute atomic E-state index is 0.151. The first-order valence-electron chi connectivity index (χ1n) is 7.79. The predicted octanol–water partition coefficient (Wildman–Crippen LogP) is 5.22. The lowest BCUT2D eigenvalue weighted by Crippen LogP contribution is -2.13. The van der Waals surface area contributed by atoms with Crippen molar-refractivity contribution in [3.05, 3.63) is 97.1 Å². The second kappa shape index (κ2) is 9.92. The zero-order chi connectivity index (χ0) is 15.5. The van der Waals surface area contributed by atoms with E-state index >= 15 is 0 Å². The first-order valence-corrected chi connectivity index (χ1v) is 9.32. The predicted molar refractivity (Wildman–Crippen MR) is 101 cm³/mol. The molecule has 0 unspecified atom stereocenters. The molecule has 3 aromatic rings. The molecule has 0 aliphatic heterocycles. The van der Waals surface area contributed by atoms with Gasteiger partial charge >= 0.3 is 0 Å². The van der Waals surface area contributed by atoms with Crippen LogP contribution in [-0.4, -0.2) is 6.16 Å². The van der Waals surface area contributed by atoms with Crippen molar-refractivity contribution in [2.45, 2.75) is 13.3 Å². The third-order valence-corrected chi connectivity index (χ3v) is 5.99. The van der Waals surface area contributed by atoms with Crippen LogP contribution in [0.5, 0.6) is 0 Å². The number of rotatable bonds is 4. The zero-order valence-electron chi connectivity index (χ0n) is 13.1. The molecule has 0 bridgehead atoms. The van der Waals surface area contributed by atoms with Crippen LogP contribution in [0.1, 0.15) is 13.3 Å². The van der Waals surface area contributed by atoms with E-state index in [4.69, 9.17) is 0 Å². The van der Waals surface area contributed by atoms with Crippen LogP contribution in [0, 0.1) is 0 Å². The highest BCUT2D eigenvalue weighted by atomic mass is 31.1. The summed E-state index contributed by atoms with van der Waals surface area (Å²) in [5.41, 5.74) is 0. The van der Waals surface area contributed by atoms with Gasteiger partial charge in [0, 0.05) is 0 Å². The molecule has 0 aliphatic carbocycles. The molecule has 0 fully saturated rings. The van der Waals surface area contributed by atoms with Crippen molar-refractivity contribution in [3.63, 3.8) is 0 Å². The van der Waals surface area contributed by atoms with Gasteiger partial charge in [-0.05, 0) is 24.7 Å². The Balaban J connectivity index is 0.000000246. The highest BCUT2D eigenvalue weighted by molar-refractivity contribution is 7.73. The first-order chi connectivity index (χ1) is 10.9. The molecule has 0 heterocycles. The van der Waals surface area contributed by atoms with E-state index in [1.807, 2.05) is 36.4 Å². The van der Waals surface area contributed by atoms with Gasteiger partial charge in [-0.25, -0.2) is 0 Å². The lowest BCUT2D eigenvalue weighted by molar-refractivity contribution is 1.10. The summed E-state index contributed by atoms with van der Waals surface area (Å²) >= 11 is 0. The molecule has 0 nitrogen and oxygen atoms in total. The lowest BCUT2D eigenvalue weighted by Gasteiger charge is -2.17. The summed E-state index contributed by atoms with van der Waals surface area (Å²) in [5, 5.41) is 2.98. The molecule has 3 aromatic carbocycles. The molecule has 3 rings (SSSR count). The van der Waals surface area contributed by atoms with Gasteiger partial charge < -0.3 is 0 Å². The number of hydrogen-bond donors (Lipinski definition) is 0. The van der Waals surface area contributed by atoms with Crippen LogP contribution in [0.4, 0.5) is 0 Å². The fourth-order valence-corrected chi connectivity index (χ4v) is 4.56. The van der Waals surface area contributed by atoms with E-state index in [1.165, 1.54) is 23.2 Å². The molecule has 0 spiro atoms. The molecule has 0 atom stereocenters. The van der Waals surface area contributed by atoms with Crippen LogP contribution in [0.25, 0.3) is 0 Å². The average molecular weight is 306 g/mol. The van der Waals surface area contributed by atoms with Crippen LogP contribution in [0.3, 0.4) is 0 Å². The van der Waals surface area contributed by atoms with E-state index in [0.717, 1.165) is 0 Å². The third-order valence-electron chi connectivity index (χ3n) is 3.25. The summed E-state index contributed by atoms with van der Waals surface area (Å²) in [6, 6.07) is 33.8. The van der Waals surface area contributed by atoms with Gasteiger partial charge in [-0.1, -0.05) is 110 Å². The van der Waals surface area contributed by atoms with Crippen molar-refractivity contribution in [1.29, 1.82) is 0 Å². The molecular weight excluding hydrogens is 283 g/mol. The number of hydrogen-bond acceptors (Lipinski definition) is 0. The second-order valence-electron chi connectivity index (χ2n) is 4.98. The number of benzene rings is 3. The molecule has 0 amide bonds. The van der Waals surface area contributed by atoms with Gasteiger partial charge in [-0.2, -0.15) is 0 Å². The third kappa shape index (κ3) is 5.47. The Kier molecular flexibility index (Phi) is 7.43. The summed E-state index contributed by atoms with van der Waals surface area (Å²) in [7, 11) is -0.151. The van der Waals surface area contributed by atoms with Gasteiger partial charge in [-0.15, -0.1) is 0 Å². The Morgan fingerprint density at radius 2 is 0.864 bits per heavy atom. The maximum Gasteiger partial charge on any atom is -0.0195 e. The van der Waals surface area contributed by atoms with Crippen molar-refractivity contribution in [2.75, 3.05) is 6.16 Å². The molecule has 0 aromatic heterocycles. The van der Waals surface area contributed by atoms with E-state index in [2.05, 4.69) is 67.6 Å². The van der Waals surface area contributed by atoms with Gasteiger partial charge in [-0.3, -0.25) is 0 Å². The van der Waals surface area contributed by atoms with Crippen molar-refractivity contribution >= 4 is 18.5 Å². The molecule has 112 valence electrons. The fourth-order valence-electron chi connectivity index (χ4n) is 2.23. The summed E-state index contributed by atoms with van der Waals surface area (Å²) < 4.78 is 0. The van der Waals surface area contributed by atoms with Gasteiger partial charge in [0.15, 0.2) is 0 Å². The van der Waals surface area contributed by atoms with E-state index in [-0.39, 0.29) is 7.92 Å². The maximum absolute atomic E-state index is 2.27. The Morgan fingerprint density at radius 1 is 0.545 bits per heavy atom. The summed E-state index contributed by atoms with van der Waals surface area (Å²) in [6.45, 7) is 2.27. The SMILES string of the molecule is CCCP(c1ccccc1)c1ccccc1.c1ccccc1. The van der Waals surface area contributed by atoms with Gasteiger partial charge in [0.25, 0.3) is 0 Å². The summed E-state index contributed by atoms with van der Waals surface area (Å²) in [6.07, 6.45) is 2.53. The highest BCUT2D eigenvalue weighted by Crippen LogP contribution is 2.33. The topological polar surface area (TPSA) is 0 Å².